The fourth-order valence-corrected chi connectivity index (χ4v) is 6.49. The van der Waals surface area contributed by atoms with Gasteiger partial charge in [0.2, 0.25) is 0 Å². The van der Waals surface area contributed by atoms with Crippen molar-refractivity contribution in [1.82, 2.24) is 0 Å². The van der Waals surface area contributed by atoms with Crippen LogP contribution in [0.25, 0.3) is 0 Å². The summed E-state index contributed by atoms with van der Waals surface area (Å²) in [5, 5.41) is -0.0134. The molecule has 1 aliphatic rings. The molecule has 0 spiro atoms. The van der Waals surface area contributed by atoms with Gasteiger partial charge in [0, 0.05) is 4.90 Å². The molecule has 0 bridgehead atoms. The molecule has 0 amide bonds. The van der Waals surface area contributed by atoms with Gasteiger partial charge in [-0.05, 0) is 42.2 Å². The van der Waals surface area contributed by atoms with Gasteiger partial charge in [0.05, 0.1) is 37.8 Å². The normalized spacial score (nSPS) is 22.1. The number of benzene rings is 4. The maximum absolute atomic E-state index is 6.83. The van der Waals surface area contributed by atoms with E-state index in [1.54, 1.807) is 11.8 Å². The average molecular weight is 581 g/mol. The minimum Gasteiger partial charge on any atom is -0.374 e. The van der Waals surface area contributed by atoms with Crippen molar-refractivity contribution in [3.05, 3.63) is 150 Å². The van der Waals surface area contributed by atoms with E-state index in [-0.39, 0.29) is 29.7 Å². The van der Waals surface area contributed by atoms with Crippen LogP contribution in [0.3, 0.4) is 0 Å². The molecule has 1 saturated heterocycles. The summed E-state index contributed by atoms with van der Waals surface area (Å²) in [6, 6.07) is 39.5. The van der Waals surface area contributed by atoms with Gasteiger partial charge in [-0.1, -0.05) is 115 Å². The van der Waals surface area contributed by atoms with Gasteiger partial charge in [-0.2, -0.15) is 0 Å². The minimum absolute atomic E-state index is 0.0134. The molecule has 5 rings (SSSR count). The second-order valence-corrected chi connectivity index (χ2v) is 11.9. The lowest BCUT2D eigenvalue weighted by molar-refractivity contribution is -0.216. The lowest BCUT2D eigenvalue weighted by Crippen LogP contribution is -2.59. The lowest BCUT2D eigenvalue weighted by atomic mass is 9.95. The summed E-state index contributed by atoms with van der Waals surface area (Å²) in [7, 11) is 0. The lowest BCUT2D eigenvalue weighted by Gasteiger charge is -2.46. The number of rotatable bonds is 14. The Kier molecular flexibility index (Phi) is 11.4. The van der Waals surface area contributed by atoms with Crippen LogP contribution in [0.4, 0.5) is 0 Å². The van der Waals surface area contributed by atoms with E-state index in [1.165, 1.54) is 10.5 Å². The molecule has 4 aromatic rings. The summed E-state index contributed by atoms with van der Waals surface area (Å²) < 4.78 is 26.7. The zero-order chi connectivity index (χ0) is 29.0. The Balaban J connectivity index is 1.43. The standard InChI is InChI=1S/C37H40O4S/c1-3-13-33-37(42-32-22-20-28(2)21-23-32)36(40-26-31-18-11-6-12-19-31)35(39-25-30-16-9-5-10-17-30)34(41-33)27-38-24-29-14-7-4-8-15-29/h3-12,14-23,33-37H,1,13,24-27H2,2H3/t33-,34-,35+,36+,37-/m1/s1. The highest BCUT2D eigenvalue weighted by Gasteiger charge is 2.47. The van der Waals surface area contributed by atoms with Crippen molar-refractivity contribution < 1.29 is 18.9 Å². The van der Waals surface area contributed by atoms with Crippen molar-refractivity contribution in [2.75, 3.05) is 6.61 Å². The third kappa shape index (κ3) is 8.66. The van der Waals surface area contributed by atoms with E-state index < -0.39 is 0 Å². The van der Waals surface area contributed by atoms with E-state index in [2.05, 4.69) is 74.2 Å². The van der Waals surface area contributed by atoms with Crippen molar-refractivity contribution in [2.24, 2.45) is 0 Å². The monoisotopic (exact) mass is 580 g/mol. The van der Waals surface area contributed by atoms with Crippen LogP contribution < -0.4 is 0 Å². The van der Waals surface area contributed by atoms with Gasteiger partial charge >= 0.3 is 0 Å². The molecule has 0 saturated carbocycles. The molecule has 0 unspecified atom stereocenters. The smallest absolute Gasteiger partial charge is 0.114 e. The van der Waals surface area contributed by atoms with Crippen LogP contribution in [-0.4, -0.2) is 36.3 Å². The van der Waals surface area contributed by atoms with Crippen LogP contribution in [0.15, 0.2) is 133 Å². The highest BCUT2D eigenvalue weighted by atomic mass is 32.2. The Morgan fingerprint density at radius 2 is 1.19 bits per heavy atom. The fourth-order valence-electron chi connectivity index (χ4n) is 5.19. The molecular weight excluding hydrogens is 540 g/mol. The van der Waals surface area contributed by atoms with Crippen LogP contribution in [0.2, 0.25) is 0 Å². The van der Waals surface area contributed by atoms with Crippen molar-refractivity contribution in [2.45, 2.75) is 67.7 Å². The molecule has 1 heterocycles. The first-order valence-corrected chi connectivity index (χ1v) is 15.5. The number of thioether (sulfide) groups is 1. The quantitative estimate of drug-likeness (QED) is 0.141. The summed E-state index contributed by atoms with van der Waals surface area (Å²) in [5.41, 5.74) is 4.60. The molecule has 4 nitrogen and oxygen atoms in total. The van der Waals surface area contributed by atoms with E-state index in [9.17, 15) is 0 Å². The topological polar surface area (TPSA) is 36.9 Å². The van der Waals surface area contributed by atoms with Gasteiger partial charge < -0.3 is 18.9 Å². The van der Waals surface area contributed by atoms with Crippen LogP contribution in [0, 0.1) is 6.92 Å². The van der Waals surface area contributed by atoms with Crippen LogP contribution in [0.1, 0.15) is 28.7 Å². The predicted octanol–water partition coefficient (Wildman–Crippen LogP) is 8.19. The Morgan fingerprint density at radius 3 is 1.74 bits per heavy atom. The molecule has 4 aromatic carbocycles. The molecule has 5 heteroatoms. The van der Waals surface area contributed by atoms with E-state index in [0.717, 1.165) is 16.7 Å². The van der Waals surface area contributed by atoms with E-state index >= 15 is 0 Å². The SMILES string of the molecule is C=CC[C@H]1O[C@H](COCc2ccccc2)[C@H](OCc2ccccc2)[C@H](OCc2ccccc2)[C@@H]1Sc1ccc(C)cc1. The number of aryl methyl sites for hydroxylation is 1. The van der Waals surface area contributed by atoms with Gasteiger partial charge in [-0.25, -0.2) is 0 Å². The summed E-state index contributed by atoms with van der Waals surface area (Å²) in [5.74, 6) is 0. The van der Waals surface area contributed by atoms with Gasteiger partial charge in [0.1, 0.15) is 18.3 Å². The predicted molar refractivity (Wildman–Crippen MR) is 170 cm³/mol. The molecule has 218 valence electrons. The van der Waals surface area contributed by atoms with E-state index in [1.807, 2.05) is 60.7 Å². The third-order valence-electron chi connectivity index (χ3n) is 7.39. The zero-order valence-electron chi connectivity index (χ0n) is 24.2. The maximum atomic E-state index is 6.83. The molecule has 0 aromatic heterocycles. The molecule has 5 atom stereocenters. The number of hydrogen-bond donors (Lipinski definition) is 0. The van der Waals surface area contributed by atoms with Crippen molar-refractivity contribution in [3.63, 3.8) is 0 Å². The minimum atomic E-state index is -0.339. The molecule has 1 aliphatic heterocycles. The first-order chi connectivity index (χ1) is 20.7. The summed E-state index contributed by atoms with van der Waals surface area (Å²) in [6.45, 7) is 8.02. The second kappa shape index (κ2) is 15.9. The van der Waals surface area contributed by atoms with Crippen LogP contribution >= 0.6 is 11.8 Å². The van der Waals surface area contributed by atoms with Crippen molar-refractivity contribution >= 4 is 11.8 Å². The average Bonchev–Trinajstić information content (AvgIpc) is 3.03. The Morgan fingerprint density at radius 1 is 0.667 bits per heavy atom. The van der Waals surface area contributed by atoms with E-state index in [0.29, 0.717) is 32.8 Å². The van der Waals surface area contributed by atoms with E-state index in [4.69, 9.17) is 18.9 Å². The van der Waals surface area contributed by atoms with Crippen molar-refractivity contribution in [3.8, 4) is 0 Å². The molecule has 0 radical (unpaired) electrons. The number of ether oxygens (including phenoxy) is 4. The number of hydrogen-bond acceptors (Lipinski definition) is 5. The van der Waals surface area contributed by atoms with Gasteiger partial charge in [-0.15, -0.1) is 18.3 Å². The van der Waals surface area contributed by atoms with Gasteiger partial charge in [0.25, 0.3) is 0 Å². The second-order valence-electron chi connectivity index (χ2n) is 10.7. The summed E-state index contributed by atoms with van der Waals surface area (Å²) >= 11 is 1.79. The zero-order valence-corrected chi connectivity index (χ0v) is 25.0. The van der Waals surface area contributed by atoms with Gasteiger partial charge in [-0.3, -0.25) is 0 Å². The summed E-state index contributed by atoms with van der Waals surface area (Å²) in [4.78, 5) is 1.18. The third-order valence-corrected chi connectivity index (χ3v) is 8.77. The highest BCUT2D eigenvalue weighted by Crippen LogP contribution is 2.39. The van der Waals surface area contributed by atoms with Crippen molar-refractivity contribution in [1.29, 1.82) is 0 Å². The highest BCUT2D eigenvalue weighted by molar-refractivity contribution is 8.00. The molecule has 0 N–H and O–H groups in total. The maximum Gasteiger partial charge on any atom is 0.114 e. The fraction of sp³-hybridized carbons (Fsp3) is 0.297. The molecule has 0 aliphatic carbocycles. The van der Waals surface area contributed by atoms with Crippen LogP contribution in [0.5, 0.6) is 0 Å². The van der Waals surface area contributed by atoms with Crippen LogP contribution in [-0.2, 0) is 38.8 Å². The Bertz CT molecular complexity index is 1330. The Hall–Kier alpha value is -3.19. The first-order valence-electron chi connectivity index (χ1n) is 14.6. The first kappa shape index (κ1) is 30.3. The molecule has 42 heavy (non-hydrogen) atoms. The Labute approximate surface area is 254 Å². The summed E-state index contributed by atoms with van der Waals surface area (Å²) in [6.07, 6.45) is 1.64. The van der Waals surface area contributed by atoms with Gasteiger partial charge in [0.15, 0.2) is 0 Å². The molecular formula is C37H40O4S. The molecule has 1 fully saturated rings. The largest absolute Gasteiger partial charge is 0.374 e.